The van der Waals surface area contributed by atoms with Gasteiger partial charge in [0, 0.05) is 13.7 Å². The van der Waals surface area contributed by atoms with Crippen LogP contribution in [0, 0.1) is 0 Å². The van der Waals surface area contributed by atoms with E-state index in [1.54, 1.807) is 7.11 Å². The van der Waals surface area contributed by atoms with Crippen LogP contribution in [0.5, 0.6) is 0 Å². The zero-order valence-corrected chi connectivity index (χ0v) is 12.9. The van der Waals surface area contributed by atoms with Crippen molar-refractivity contribution in [3.05, 3.63) is 56.2 Å². The summed E-state index contributed by atoms with van der Waals surface area (Å²) in [7, 11) is 1.67. The van der Waals surface area contributed by atoms with E-state index in [4.69, 9.17) is 4.74 Å². The molecule has 0 aliphatic rings. The van der Waals surface area contributed by atoms with Crippen LogP contribution >= 0.6 is 27.3 Å². The highest BCUT2D eigenvalue weighted by Gasteiger charge is 2.09. The number of halogens is 1. The number of nitrogens with one attached hydrogen (secondary N) is 1. The van der Waals surface area contributed by atoms with E-state index in [2.05, 4.69) is 21.2 Å². The molecule has 2 aromatic rings. The molecular formula is C14H14BrNO2S. The molecule has 1 heterocycles. The van der Waals surface area contributed by atoms with Crippen molar-refractivity contribution >= 4 is 33.2 Å². The molecule has 3 nitrogen and oxygen atoms in total. The Morgan fingerprint density at radius 1 is 1.26 bits per heavy atom. The lowest BCUT2D eigenvalue weighted by molar-refractivity contribution is 0.0954. The van der Waals surface area contributed by atoms with E-state index < -0.39 is 0 Å². The number of benzene rings is 1. The lowest BCUT2D eigenvalue weighted by Gasteiger charge is -2.09. The Bertz CT molecular complexity index is 568. The van der Waals surface area contributed by atoms with Gasteiger partial charge in [-0.1, -0.05) is 24.3 Å². The molecule has 0 atom stereocenters. The number of ether oxygens (including phenoxy) is 1. The van der Waals surface area contributed by atoms with Crippen LogP contribution in [0.3, 0.4) is 0 Å². The van der Waals surface area contributed by atoms with Crippen LogP contribution in [0.1, 0.15) is 20.8 Å². The summed E-state index contributed by atoms with van der Waals surface area (Å²) in [6, 6.07) is 11.6. The number of methoxy groups -OCH3 is 1. The van der Waals surface area contributed by atoms with Gasteiger partial charge in [-0.2, -0.15) is 0 Å². The second-order valence-corrected chi connectivity index (χ2v) is 6.45. The third kappa shape index (κ3) is 3.89. The van der Waals surface area contributed by atoms with E-state index in [0.717, 1.165) is 14.9 Å². The van der Waals surface area contributed by atoms with Gasteiger partial charge in [0.15, 0.2) is 0 Å². The topological polar surface area (TPSA) is 38.3 Å². The first kappa shape index (κ1) is 14.2. The van der Waals surface area contributed by atoms with E-state index >= 15 is 0 Å². The van der Waals surface area contributed by atoms with Gasteiger partial charge in [0.2, 0.25) is 0 Å². The first-order chi connectivity index (χ1) is 9.20. The molecular weight excluding hydrogens is 326 g/mol. The van der Waals surface area contributed by atoms with E-state index in [1.807, 2.05) is 36.4 Å². The second kappa shape index (κ2) is 6.84. The van der Waals surface area contributed by atoms with Gasteiger partial charge in [0.25, 0.3) is 5.91 Å². The summed E-state index contributed by atoms with van der Waals surface area (Å²) < 4.78 is 6.10. The smallest absolute Gasteiger partial charge is 0.261 e. The highest BCUT2D eigenvalue weighted by Crippen LogP contribution is 2.22. The van der Waals surface area contributed by atoms with E-state index in [-0.39, 0.29) is 5.91 Å². The highest BCUT2D eigenvalue weighted by atomic mass is 79.9. The van der Waals surface area contributed by atoms with Crippen molar-refractivity contribution in [3.8, 4) is 0 Å². The second-order valence-electron chi connectivity index (χ2n) is 3.99. The Balaban J connectivity index is 2.00. The molecule has 0 spiro atoms. The molecule has 0 radical (unpaired) electrons. The quantitative estimate of drug-likeness (QED) is 0.903. The molecule has 1 aromatic heterocycles. The molecule has 0 bridgehead atoms. The molecule has 100 valence electrons. The van der Waals surface area contributed by atoms with Crippen molar-refractivity contribution in [2.75, 3.05) is 7.11 Å². The van der Waals surface area contributed by atoms with Crippen LogP contribution in [-0.2, 0) is 17.9 Å². The first-order valence-electron chi connectivity index (χ1n) is 5.80. The lowest BCUT2D eigenvalue weighted by Crippen LogP contribution is -2.22. The maximum Gasteiger partial charge on any atom is 0.261 e. The normalized spacial score (nSPS) is 10.4. The fourth-order valence-corrected chi connectivity index (χ4v) is 3.03. The maximum atomic E-state index is 11.9. The van der Waals surface area contributed by atoms with Gasteiger partial charge in [-0.25, -0.2) is 0 Å². The zero-order chi connectivity index (χ0) is 13.7. The Morgan fingerprint density at radius 2 is 2.00 bits per heavy atom. The predicted molar refractivity (Wildman–Crippen MR) is 80.3 cm³/mol. The molecule has 0 saturated carbocycles. The Labute approximate surface area is 124 Å². The first-order valence-corrected chi connectivity index (χ1v) is 7.41. The summed E-state index contributed by atoms with van der Waals surface area (Å²) in [5.41, 5.74) is 2.17. The molecule has 0 fully saturated rings. The predicted octanol–water partition coefficient (Wildman–Crippen LogP) is 3.59. The van der Waals surface area contributed by atoms with Crippen LogP contribution in [0.4, 0.5) is 0 Å². The molecule has 5 heteroatoms. The van der Waals surface area contributed by atoms with Gasteiger partial charge in [0.05, 0.1) is 15.3 Å². The van der Waals surface area contributed by atoms with E-state index in [1.165, 1.54) is 11.3 Å². The number of carbonyl (C=O) groups is 1. The van der Waals surface area contributed by atoms with Crippen molar-refractivity contribution in [2.45, 2.75) is 13.2 Å². The summed E-state index contributed by atoms with van der Waals surface area (Å²) in [5, 5.41) is 2.92. The molecule has 0 aliphatic carbocycles. The third-order valence-corrected chi connectivity index (χ3v) is 4.28. The average Bonchev–Trinajstić information content (AvgIpc) is 2.84. The number of carbonyl (C=O) groups excluding carboxylic acids is 1. The molecule has 2 rings (SSSR count). The highest BCUT2D eigenvalue weighted by molar-refractivity contribution is 9.11. The third-order valence-electron chi connectivity index (χ3n) is 2.65. The van der Waals surface area contributed by atoms with Crippen molar-refractivity contribution in [1.29, 1.82) is 0 Å². The Hall–Kier alpha value is -1.17. The summed E-state index contributed by atoms with van der Waals surface area (Å²) in [5.74, 6) is -0.0529. The van der Waals surface area contributed by atoms with Gasteiger partial charge in [-0.05, 0) is 39.2 Å². The molecule has 0 unspecified atom stereocenters. The van der Waals surface area contributed by atoms with Crippen LogP contribution in [0.15, 0.2) is 40.2 Å². The monoisotopic (exact) mass is 339 g/mol. The largest absolute Gasteiger partial charge is 0.380 e. The maximum absolute atomic E-state index is 11.9. The Kier molecular flexibility index (Phi) is 5.13. The zero-order valence-electron chi connectivity index (χ0n) is 10.5. The molecule has 0 saturated heterocycles. The minimum atomic E-state index is -0.0529. The van der Waals surface area contributed by atoms with Gasteiger partial charge >= 0.3 is 0 Å². The fraction of sp³-hybridized carbons (Fsp3) is 0.214. The lowest BCUT2D eigenvalue weighted by atomic mass is 10.1. The summed E-state index contributed by atoms with van der Waals surface area (Å²) >= 11 is 4.78. The summed E-state index contributed by atoms with van der Waals surface area (Å²) in [6.45, 7) is 1.06. The molecule has 1 N–H and O–H groups in total. The fourth-order valence-electron chi connectivity index (χ4n) is 1.73. The van der Waals surface area contributed by atoms with Gasteiger partial charge in [-0.15, -0.1) is 11.3 Å². The number of hydrogen-bond donors (Lipinski definition) is 1. The van der Waals surface area contributed by atoms with Crippen molar-refractivity contribution < 1.29 is 9.53 Å². The van der Waals surface area contributed by atoms with Gasteiger partial charge < -0.3 is 10.1 Å². The van der Waals surface area contributed by atoms with Crippen LogP contribution in [0.2, 0.25) is 0 Å². The number of amides is 1. The van der Waals surface area contributed by atoms with Crippen LogP contribution < -0.4 is 5.32 Å². The van der Waals surface area contributed by atoms with E-state index in [9.17, 15) is 4.79 Å². The van der Waals surface area contributed by atoms with E-state index in [0.29, 0.717) is 18.0 Å². The number of hydrogen-bond acceptors (Lipinski definition) is 3. The molecule has 19 heavy (non-hydrogen) atoms. The standard InChI is InChI=1S/C14H14BrNO2S/c1-18-9-11-5-3-2-4-10(11)8-16-14(17)12-6-7-13(15)19-12/h2-7H,8-9H2,1H3,(H,16,17). The molecule has 1 aromatic carbocycles. The average molecular weight is 340 g/mol. The van der Waals surface area contributed by atoms with Crippen LogP contribution in [-0.4, -0.2) is 13.0 Å². The summed E-state index contributed by atoms with van der Waals surface area (Å²) in [6.07, 6.45) is 0. The number of thiophene rings is 1. The number of rotatable bonds is 5. The minimum Gasteiger partial charge on any atom is -0.380 e. The summed E-state index contributed by atoms with van der Waals surface area (Å²) in [4.78, 5) is 12.7. The van der Waals surface area contributed by atoms with Crippen molar-refractivity contribution in [1.82, 2.24) is 5.32 Å². The minimum absolute atomic E-state index is 0.0529. The molecule has 0 aliphatic heterocycles. The van der Waals surface area contributed by atoms with Crippen LogP contribution in [0.25, 0.3) is 0 Å². The van der Waals surface area contributed by atoms with Crippen molar-refractivity contribution in [3.63, 3.8) is 0 Å². The van der Waals surface area contributed by atoms with Gasteiger partial charge in [0.1, 0.15) is 0 Å². The SMILES string of the molecule is COCc1ccccc1CNC(=O)c1ccc(Br)s1. The van der Waals surface area contributed by atoms with Crippen molar-refractivity contribution in [2.24, 2.45) is 0 Å². The Morgan fingerprint density at radius 3 is 2.63 bits per heavy atom. The molecule has 1 amide bonds. The van der Waals surface area contributed by atoms with Gasteiger partial charge in [-0.3, -0.25) is 4.79 Å².